The highest BCUT2D eigenvalue weighted by molar-refractivity contribution is 5.87. The van der Waals surface area contributed by atoms with Crippen LogP contribution in [0.15, 0.2) is 48.7 Å². The molecule has 1 unspecified atom stereocenters. The number of amides is 1. The van der Waals surface area contributed by atoms with Crippen LogP contribution < -0.4 is 4.90 Å². The van der Waals surface area contributed by atoms with Crippen LogP contribution in [0.1, 0.15) is 70.5 Å². The van der Waals surface area contributed by atoms with Crippen LogP contribution in [0.25, 0.3) is 0 Å². The van der Waals surface area contributed by atoms with E-state index in [-0.39, 0.29) is 12.1 Å². The van der Waals surface area contributed by atoms with E-state index in [2.05, 4.69) is 53.2 Å². The van der Waals surface area contributed by atoms with Crippen LogP contribution in [-0.4, -0.2) is 34.7 Å². The topological polar surface area (TPSA) is 45.7 Å². The number of carbonyl (C=O) groups excluding carboxylic acids is 1. The molecule has 0 aliphatic carbocycles. The van der Waals surface area contributed by atoms with Crippen LogP contribution in [0.3, 0.4) is 0 Å². The minimum Gasteiger partial charge on any atom is -0.443 e. The summed E-state index contributed by atoms with van der Waals surface area (Å²) in [4.78, 5) is 21.9. The molecule has 0 bridgehead atoms. The van der Waals surface area contributed by atoms with Gasteiger partial charge < -0.3 is 4.74 Å². The smallest absolute Gasteiger partial charge is 0.416 e. The monoisotopic (exact) mass is 409 g/mol. The van der Waals surface area contributed by atoms with E-state index in [0.717, 1.165) is 37.3 Å². The van der Waals surface area contributed by atoms with Crippen LogP contribution >= 0.6 is 0 Å². The molecular formula is C25H35N3O2. The SMILES string of the molecule is CCCN(C(=O)OC(C)(C)C)c1ncccc1C1CCCCN1Cc1ccccc1. The molecule has 1 aliphatic rings. The Balaban J connectivity index is 1.91. The third kappa shape index (κ3) is 5.82. The van der Waals surface area contributed by atoms with Crippen molar-refractivity contribution in [2.45, 2.75) is 71.6 Å². The molecule has 3 rings (SSSR count). The molecule has 5 nitrogen and oxygen atoms in total. The van der Waals surface area contributed by atoms with Crippen molar-refractivity contribution in [1.82, 2.24) is 9.88 Å². The highest BCUT2D eigenvalue weighted by atomic mass is 16.6. The number of carbonyl (C=O) groups is 1. The van der Waals surface area contributed by atoms with E-state index in [1.165, 1.54) is 18.4 Å². The van der Waals surface area contributed by atoms with Gasteiger partial charge in [-0.2, -0.15) is 0 Å². The van der Waals surface area contributed by atoms with Gasteiger partial charge in [0.1, 0.15) is 11.4 Å². The summed E-state index contributed by atoms with van der Waals surface area (Å²) in [6.45, 7) is 10.3. The molecule has 0 N–H and O–H groups in total. The summed E-state index contributed by atoms with van der Waals surface area (Å²) in [7, 11) is 0. The number of pyridine rings is 1. The minimum atomic E-state index is -0.539. The lowest BCUT2D eigenvalue weighted by molar-refractivity contribution is 0.0577. The van der Waals surface area contributed by atoms with Gasteiger partial charge in [-0.05, 0) is 58.2 Å². The maximum atomic E-state index is 13.0. The van der Waals surface area contributed by atoms with E-state index in [1.807, 2.05) is 26.8 Å². The summed E-state index contributed by atoms with van der Waals surface area (Å²) < 4.78 is 5.71. The highest BCUT2D eigenvalue weighted by Crippen LogP contribution is 2.36. The third-order valence-electron chi connectivity index (χ3n) is 5.33. The van der Waals surface area contributed by atoms with Crippen LogP contribution in [0.2, 0.25) is 0 Å². The zero-order valence-electron chi connectivity index (χ0n) is 18.8. The van der Waals surface area contributed by atoms with E-state index in [0.29, 0.717) is 6.54 Å². The summed E-state index contributed by atoms with van der Waals surface area (Å²) in [5, 5.41) is 0. The molecule has 162 valence electrons. The van der Waals surface area contributed by atoms with Crippen LogP contribution in [0.4, 0.5) is 10.6 Å². The molecular weight excluding hydrogens is 374 g/mol. The second kappa shape index (κ2) is 10.1. The first-order valence-corrected chi connectivity index (χ1v) is 11.1. The number of likely N-dealkylation sites (tertiary alicyclic amines) is 1. The van der Waals surface area contributed by atoms with Gasteiger partial charge in [0, 0.05) is 30.9 Å². The number of anilines is 1. The lowest BCUT2D eigenvalue weighted by Gasteiger charge is -2.38. The second-order valence-electron chi connectivity index (χ2n) is 9.02. The fourth-order valence-electron chi connectivity index (χ4n) is 4.07. The maximum absolute atomic E-state index is 13.0. The molecule has 1 aromatic heterocycles. The van der Waals surface area contributed by atoms with Crippen molar-refractivity contribution in [3.63, 3.8) is 0 Å². The van der Waals surface area contributed by atoms with Gasteiger partial charge in [-0.1, -0.05) is 49.7 Å². The first-order chi connectivity index (χ1) is 14.4. The van der Waals surface area contributed by atoms with Gasteiger partial charge >= 0.3 is 6.09 Å². The molecule has 1 saturated heterocycles. The Hall–Kier alpha value is -2.40. The molecule has 1 atom stereocenters. The van der Waals surface area contributed by atoms with Gasteiger partial charge in [0.05, 0.1) is 0 Å². The van der Waals surface area contributed by atoms with Crippen molar-refractivity contribution < 1.29 is 9.53 Å². The summed E-state index contributed by atoms with van der Waals surface area (Å²) >= 11 is 0. The first-order valence-electron chi connectivity index (χ1n) is 11.1. The number of hydrogen-bond acceptors (Lipinski definition) is 4. The lowest BCUT2D eigenvalue weighted by Crippen LogP contribution is -2.40. The van der Waals surface area contributed by atoms with Crippen LogP contribution in [-0.2, 0) is 11.3 Å². The summed E-state index contributed by atoms with van der Waals surface area (Å²) in [5.74, 6) is 0.735. The Morgan fingerprint density at radius 3 is 2.63 bits per heavy atom. The van der Waals surface area contributed by atoms with Gasteiger partial charge in [0.2, 0.25) is 0 Å². The largest absolute Gasteiger partial charge is 0.443 e. The van der Waals surface area contributed by atoms with Gasteiger partial charge in [0.15, 0.2) is 0 Å². The van der Waals surface area contributed by atoms with E-state index in [4.69, 9.17) is 4.74 Å². The van der Waals surface area contributed by atoms with Crippen LogP contribution in [0, 0.1) is 0 Å². The number of hydrogen-bond donors (Lipinski definition) is 0. The molecule has 0 spiro atoms. The van der Waals surface area contributed by atoms with E-state index in [9.17, 15) is 4.79 Å². The highest BCUT2D eigenvalue weighted by Gasteiger charge is 2.31. The molecule has 2 aromatic rings. The molecule has 0 radical (unpaired) electrons. The minimum absolute atomic E-state index is 0.240. The fraction of sp³-hybridized carbons (Fsp3) is 0.520. The van der Waals surface area contributed by atoms with E-state index >= 15 is 0 Å². The van der Waals surface area contributed by atoms with Crippen molar-refractivity contribution in [3.05, 3.63) is 59.8 Å². The Morgan fingerprint density at radius 1 is 1.17 bits per heavy atom. The molecule has 1 aromatic carbocycles. The van der Waals surface area contributed by atoms with Crippen molar-refractivity contribution in [1.29, 1.82) is 0 Å². The summed E-state index contributed by atoms with van der Waals surface area (Å²) in [5.41, 5.74) is 1.89. The van der Waals surface area contributed by atoms with Crippen molar-refractivity contribution in [2.75, 3.05) is 18.0 Å². The molecule has 1 amide bonds. The number of ether oxygens (including phenoxy) is 1. The standard InChI is InChI=1S/C25H35N3O2/c1-5-17-28(24(29)30-25(2,3)4)23-21(14-11-16-26-23)22-15-9-10-18-27(22)19-20-12-7-6-8-13-20/h6-8,11-14,16,22H,5,9-10,15,17-19H2,1-4H3. The summed E-state index contributed by atoms with van der Waals surface area (Å²) in [6.07, 6.45) is 5.74. The van der Waals surface area contributed by atoms with Crippen molar-refractivity contribution in [3.8, 4) is 0 Å². The predicted molar refractivity (Wildman–Crippen MR) is 122 cm³/mol. The fourth-order valence-corrected chi connectivity index (χ4v) is 4.07. The average molecular weight is 410 g/mol. The quantitative estimate of drug-likeness (QED) is 0.590. The lowest BCUT2D eigenvalue weighted by atomic mass is 9.94. The second-order valence-corrected chi connectivity index (χ2v) is 9.02. The zero-order chi connectivity index (χ0) is 21.6. The van der Waals surface area contributed by atoms with Crippen molar-refractivity contribution >= 4 is 11.9 Å². The molecule has 5 heteroatoms. The predicted octanol–water partition coefficient (Wildman–Crippen LogP) is 5.96. The molecule has 1 aliphatic heterocycles. The number of piperidine rings is 1. The molecule has 30 heavy (non-hydrogen) atoms. The van der Waals surface area contributed by atoms with Crippen LogP contribution in [0.5, 0.6) is 0 Å². The first kappa shape index (κ1) is 22.3. The van der Waals surface area contributed by atoms with Crippen molar-refractivity contribution in [2.24, 2.45) is 0 Å². The van der Waals surface area contributed by atoms with E-state index in [1.54, 1.807) is 11.1 Å². The van der Waals surface area contributed by atoms with Gasteiger partial charge in [-0.15, -0.1) is 0 Å². The molecule has 1 fully saturated rings. The average Bonchev–Trinajstić information content (AvgIpc) is 2.72. The van der Waals surface area contributed by atoms with Gasteiger partial charge in [-0.3, -0.25) is 9.80 Å². The van der Waals surface area contributed by atoms with Gasteiger partial charge in [-0.25, -0.2) is 9.78 Å². The summed E-state index contributed by atoms with van der Waals surface area (Å²) in [6, 6.07) is 14.9. The number of aromatic nitrogens is 1. The number of nitrogens with zero attached hydrogens (tertiary/aromatic N) is 3. The normalized spacial score (nSPS) is 17.5. The molecule has 2 heterocycles. The maximum Gasteiger partial charge on any atom is 0.416 e. The Bertz CT molecular complexity index is 817. The number of rotatable bonds is 6. The zero-order valence-corrected chi connectivity index (χ0v) is 18.8. The Morgan fingerprint density at radius 2 is 1.93 bits per heavy atom. The number of benzene rings is 1. The van der Waals surface area contributed by atoms with Gasteiger partial charge in [0.25, 0.3) is 0 Å². The Kier molecular flexibility index (Phi) is 7.48. The van der Waals surface area contributed by atoms with E-state index < -0.39 is 5.60 Å². The third-order valence-corrected chi connectivity index (χ3v) is 5.33. The molecule has 0 saturated carbocycles. The Labute approximate surface area is 181 Å².